The summed E-state index contributed by atoms with van der Waals surface area (Å²) in [4.78, 5) is 11.8. The van der Waals surface area contributed by atoms with Crippen molar-refractivity contribution >= 4 is 16.7 Å². The summed E-state index contributed by atoms with van der Waals surface area (Å²) in [5.41, 5.74) is 0.595. The molecule has 0 aliphatic heterocycles. The van der Waals surface area contributed by atoms with E-state index in [1.807, 2.05) is 51.1 Å². The van der Waals surface area contributed by atoms with E-state index in [1.165, 1.54) is 0 Å². The topological polar surface area (TPSA) is 46.5 Å². The first-order valence-corrected chi connectivity index (χ1v) is 6.78. The SMILES string of the molecule is CC(C)(C)OC(=O)CCc1cccc2c(O)cccc12. The molecule has 0 fully saturated rings. The third-order valence-electron chi connectivity index (χ3n) is 3.01. The van der Waals surface area contributed by atoms with E-state index >= 15 is 0 Å². The number of aromatic hydroxyl groups is 1. The maximum atomic E-state index is 11.8. The second-order valence-electron chi connectivity index (χ2n) is 5.88. The molecule has 0 spiro atoms. The van der Waals surface area contributed by atoms with E-state index in [9.17, 15) is 9.90 Å². The minimum atomic E-state index is -0.450. The van der Waals surface area contributed by atoms with Gasteiger partial charge in [-0.05, 0) is 44.2 Å². The molecule has 0 aliphatic rings. The van der Waals surface area contributed by atoms with Gasteiger partial charge in [-0.25, -0.2) is 0 Å². The molecule has 0 bridgehead atoms. The monoisotopic (exact) mass is 272 g/mol. The summed E-state index contributed by atoms with van der Waals surface area (Å²) < 4.78 is 5.31. The third kappa shape index (κ3) is 3.50. The van der Waals surface area contributed by atoms with Crippen LogP contribution in [0.1, 0.15) is 32.8 Å². The van der Waals surface area contributed by atoms with E-state index in [0.717, 1.165) is 16.3 Å². The van der Waals surface area contributed by atoms with Gasteiger partial charge in [0.05, 0.1) is 0 Å². The Morgan fingerprint density at radius 1 is 1.10 bits per heavy atom. The third-order valence-corrected chi connectivity index (χ3v) is 3.01. The van der Waals surface area contributed by atoms with Crippen LogP contribution in [0.25, 0.3) is 10.8 Å². The summed E-state index contributed by atoms with van der Waals surface area (Å²) in [5, 5.41) is 11.6. The molecule has 106 valence electrons. The molecule has 2 aromatic rings. The van der Waals surface area contributed by atoms with Crippen LogP contribution < -0.4 is 0 Å². The van der Waals surface area contributed by atoms with Gasteiger partial charge in [0.1, 0.15) is 11.4 Å². The van der Waals surface area contributed by atoms with Gasteiger partial charge in [-0.2, -0.15) is 0 Å². The van der Waals surface area contributed by atoms with Crippen molar-refractivity contribution in [2.24, 2.45) is 0 Å². The second kappa shape index (κ2) is 5.53. The van der Waals surface area contributed by atoms with Crippen molar-refractivity contribution < 1.29 is 14.6 Å². The quantitative estimate of drug-likeness (QED) is 0.864. The molecule has 20 heavy (non-hydrogen) atoms. The number of carbonyl (C=O) groups excluding carboxylic acids is 1. The number of benzene rings is 2. The number of rotatable bonds is 3. The van der Waals surface area contributed by atoms with Crippen LogP contribution >= 0.6 is 0 Å². The van der Waals surface area contributed by atoms with Crippen LogP contribution in [0.15, 0.2) is 36.4 Å². The van der Waals surface area contributed by atoms with Crippen LogP contribution in [0.4, 0.5) is 0 Å². The molecular weight excluding hydrogens is 252 g/mol. The Bertz CT molecular complexity index is 624. The van der Waals surface area contributed by atoms with E-state index < -0.39 is 5.60 Å². The van der Waals surface area contributed by atoms with Gasteiger partial charge in [0.15, 0.2) is 0 Å². The highest BCUT2D eigenvalue weighted by molar-refractivity contribution is 5.90. The van der Waals surface area contributed by atoms with Gasteiger partial charge in [-0.15, -0.1) is 0 Å². The summed E-state index contributed by atoms with van der Waals surface area (Å²) in [6, 6.07) is 11.2. The fourth-order valence-corrected chi connectivity index (χ4v) is 2.21. The maximum absolute atomic E-state index is 11.8. The van der Waals surface area contributed by atoms with Crippen LogP contribution in [-0.4, -0.2) is 16.7 Å². The van der Waals surface area contributed by atoms with E-state index in [2.05, 4.69) is 0 Å². The molecule has 0 aliphatic carbocycles. The largest absolute Gasteiger partial charge is 0.507 e. The van der Waals surface area contributed by atoms with Gasteiger partial charge in [0.2, 0.25) is 0 Å². The Hall–Kier alpha value is -2.03. The predicted molar refractivity (Wildman–Crippen MR) is 79.8 cm³/mol. The van der Waals surface area contributed by atoms with Gasteiger partial charge < -0.3 is 9.84 Å². The zero-order valence-electron chi connectivity index (χ0n) is 12.1. The number of phenols is 1. The van der Waals surface area contributed by atoms with Crippen LogP contribution in [-0.2, 0) is 16.0 Å². The number of esters is 1. The fourth-order valence-electron chi connectivity index (χ4n) is 2.21. The highest BCUT2D eigenvalue weighted by atomic mass is 16.6. The smallest absolute Gasteiger partial charge is 0.306 e. The molecule has 2 aromatic carbocycles. The zero-order chi connectivity index (χ0) is 14.8. The van der Waals surface area contributed by atoms with Crippen molar-refractivity contribution in [2.45, 2.75) is 39.2 Å². The van der Waals surface area contributed by atoms with Gasteiger partial charge in [0.25, 0.3) is 0 Å². The van der Waals surface area contributed by atoms with E-state index in [0.29, 0.717) is 12.8 Å². The van der Waals surface area contributed by atoms with Crippen molar-refractivity contribution in [3.8, 4) is 5.75 Å². The van der Waals surface area contributed by atoms with Gasteiger partial charge in [-0.3, -0.25) is 4.79 Å². The number of hydrogen-bond donors (Lipinski definition) is 1. The van der Waals surface area contributed by atoms with Crippen LogP contribution in [0.3, 0.4) is 0 Å². The Kier molecular flexibility index (Phi) is 3.98. The molecule has 0 aromatic heterocycles. The van der Waals surface area contributed by atoms with Crippen LogP contribution in [0.2, 0.25) is 0 Å². The number of ether oxygens (including phenoxy) is 1. The highest BCUT2D eigenvalue weighted by Crippen LogP contribution is 2.27. The number of phenolic OH excluding ortho intramolecular Hbond substituents is 1. The normalized spacial score (nSPS) is 11.6. The molecular formula is C17H20O3. The molecule has 0 heterocycles. The fraction of sp³-hybridized carbons (Fsp3) is 0.353. The van der Waals surface area contributed by atoms with Gasteiger partial charge in [0, 0.05) is 11.8 Å². The summed E-state index contributed by atoms with van der Waals surface area (Å²) in [5.74, 6) is 0.0660. The summed E-state index contributed by atoms with van der Waals surface area (Å²) in [6.07, 6.45) is 0.946. The Morgan fingerprint density at radius 2 is 1.75 bits per heavy atom. The molecule has 3 heteroatoms. The number of carbonyl (C=O) groups is 1. The lowest BCUT2D eigenvalue weighted by Crippen LogP contribution is -2.24. The second-order valence-corrected chi connectivity index (χ2v) is 5.88. The average molecular weight is 272 g/mol. The Labute approximate surface area is 119 Å². The molecule has 0 radical (unpaired) electrons. The Balaban J connectivity index is 2.15. The van der Waals surface area contributed by atoms with Crippen LogP contribution in [0.5, 0.6) is 5.75 Å². The Morgan fingerprint density at radius 3 is 2.45 bits per heavy atom. The first-order valence-electron chi connectivity index (χ1n) is 6.78. The standard InChI is InChI=1S/C17H20O3/c1-17(2,3)20-16(19)11-10-12-6-4-8-14-13(12)7-5-9-15(14)18/h4-9,18H,10-11H2,1-3H3. The minimum Gasteiger partial charge on any atom is -0.507 e. The predicted octanol–water partition coefficient (Wildman–Crippen LogP) is 3.82. The molecule has 2 rings (SSSR count). The lowest BCUT2D eigenvalue weighted by Gasteiger charge is -2.19. The molecule has 0 saturated carbocycles. The number of hydrogen-bond acceptors (Lipinski definition) is 3. The number of aryl methyl sites for hydroxylation is 1. The summed E-state index contributed by atoms with van der Waals surface area (Å²) in [6.45, 7) is 5.59. The average Bonchev–Trinajstić information content (AvgIpc) is 2.35. The van der Waals surface area contributed by atoms with Crippen LogP contribution in [0, 0.1) is 0 Å². The highest BCUT2D eigenvalue weighted by Gasteiger charge is 2.16. The van der Waals surface area contributed by atoms with Crippen molar-refractivity contribution in [3.05, 3.63) is 42.0 Å². The summed E-state index contributed by atoms with van der Waals surface area (Å²) in [7, 11) is 0. The maximum Gasteiger partial charge on any atom is 0.306 e. The molecule has 0 unspecified atom stereocenters. The lowest BCUT2D eigenvalue weighted by molar-refractivity contribution is -0.154. The van der Waals surface area contributed by atoms with Crippen molar-refractivity contribution in [1.29, 1.82) is 0 Å². The van der Waals surface area contributed by atoms with Gasteiger partial charge in [-0.1, -0.05) is 30.3 Å². The lowest BCUT2D eigenvalue weighted by atomic mass is 10.0. The zero-order valence-corrected chi connectivity index (χ0v) is 12.1. The first-order chi connectivity index (χ1) is 9.37. The van der Waals surface area contributed by atoms with Crippen molar-refractivity contribution in [1.82, 2.24) is 0 Å². The molecule has 0 atom stereocenters. The van der Waals surface area contributed by atoms with Gasteiger partial charge >= 0.3 is 5.97 Å². The summed E-state index contributed by atoms with van der Waals surface area (Å²) >= 11 is 0. The minimum absolute atomic E-state index is 0.199. The molecule has 1 N–H and O–H groups in total. The van der Waals surface area contributed by atoms with E-state index in [1.54, 1.807) is 6.07 Å². The van der Waals surface area contributed by atoms with E-state index in [4.69, 9.17) is 4.74 Å². The molecule has 3 nitrogen and oxygen atoms in total. The molecule has 0 saturated heterocycles. The first kappa shape index (κ1) is 14.4. The number of fused-ring (bicyclic) bond motifs is 1. The van der Waals surface area contributed by atoms with Crippen molar-refractivity contribution in [3.63, 3.8) is 0 Å². The van der Waals surface area contributed by atoms with E-state index in [-0.39, 0.29) is 11.7 Å². The van der Waals surface area contributed by atoms with Crippen molar-refractivity contribution in [2.75, 3.05) is 0 Å². The molecule has 0 amide bonds.